The van der Waals surface area contributed by atoms with E-state index in [1.54, 1.807) is 7.11 Å². The fourth-order valence-electron chi connectivity index (χ4n) is 2.19. The number of carbonyl (C=O) groups is 1. The number of ether oxygens (including phenoxy) is 1. The van der Waals surface area contributed by atoms with Crippen molar-refractivity contribution >= 4 is 16.3 Å². The second-order valence-electron chi connectivity index (χ2n) is 4.68. The molecule has 2 rings (SSSR count). The molecule has 1 aliphatic heterocycles. The van der Waals surface area contributed by atoms with Gasteiger partial charge in [-0.15, -0.1) is 0 Å². The number of sulfonamides is 1. The Hall–Kier alpha value is -1.18. The molecule has 2 unspecified atom stereocenters. The van der Waals surface area contributed by atoms with Crippen molar-refractivity contribution in [2.45, 2.75) is 24.5 Å². The van der Waals surface area contributed by atoms with E-state index in [1.165, 1.54) is 16.4 Å². The van der Waals surface area contributed by atoms with Gasteiger partial charge in [0.05, 0.1) is 6.10 Å². The van der Waals surface area contributed by atoms with Crippen molar-refractivity contribution in [2.24, 2.45) is 5.92 Å². The van der Waals surface area contributed by atoms with Gasteiger partial charge in [-0.25, -0.2) is 8.42 Å². The molecule has 0 bridgehead atoms. The quantitative estimate of drug-likeness (QED) is 0.776. The van der Waals surface area contributed by atoms with Crippen LogP contribution in [0.3, 0.4) is 0 Å². The number of rotatable bonds is 4. The largest absolute Gasteiger partial charge is 0.440 e. The highest BCUT2D eigenvalue weighted by atomic mass is 32.2. The lowest BCUT2D eigenvalue weighted by atomic mass is 9.97. The van der Waals surface area contributed by atoms with E-state index in [2.05, 4.69) is 0 Å². The smallest absolute Gasteiger partial charge is 0.276 e. The summed E-state index contributed by atoms with van der Waals surface area (Å²) in [6.07, 6.45) is 1.10. The van der Waals surface area contributed by atoms with E-state index in [0.717, 1.165) is 6.42 Å². The number of methoxy groups -OCH3 is 1. The first-order chi connectivity index (χ1) is 8.98. The fourth-order valence-corrected chi connectivity index (χ4v) is 3.58. The number of aldehydes is 1. The summed E-state index contributed by atoms with van der Waals surface area (Å²) in [5.41, 5.74) is 0. The van der Waals surface area contributed by atoms with Crippen LogP contribution in [0.15, 0.2) is 21.6 Å². The lowest BCUT2D eigenvalue weighted by molar-refractivity contribution is 0.0180. The summed E-state index contributed by atoms with van der Waals surface area (Å²) in [6, 6.07) is 2.65. The van der Waals surface area contributed by atoms with E-state index in [9.17, 15) is 13.2 Å². The molecular formula is C12H17NO5S. The molecule has 1 saturated heterocycles. The van der Waals surface area contributed by atoms with Crippen molar-refractivity contribution in [1.29, 1.82) is 0 Å². The number of nitrogens with zero attached hydrogens (tertiary/aromatic N) is 1. The summed E-state index contributed by atoms with van der Waals surface area (Å²) in [4.78, 5) is 10.5. The summed E-state index contributed by atoms with van der Waals surface area (Å²) < 4.78 is 36.3. The van der Waals surface area contributed by atoms with Gasteiger partial charge in [-0.2, -0.15) is 4.31 Å². The van der Waals surface area contributed by atoms with Gasteiger partial charge in [-0.1, -0.05) is 6.92 Å². The Morgan fingerprint density at radius 1 is 1.47 bits per heavy atom. The highest BCUT2D eigenvalue weighted by Crippen LogP contribution is 2.25. The van der Waals surface area contributed by atoms with Gasteiger partial charge in [0.2, 0.25) is 5.09 Å². The van der Waals surface area contributed by atoms with Gasteiger partial charge in [0.15, 0.2) is 12.0 Å². The maximum Gasteiger partial charge on any atom is 0.276 e. The van der Waals surface area contributed by atoms with Crippen molar-refractivity contribution in [3.8, 4) is 0 Å². The van der Waals surface area contributed by atoms with Crippen LogP contribution in [-0.4, -0.2) is 45.3 Å². The van der Waals surface area contributed by atoms with E-state index < -0.39 is 10.0 Å². The normalized spacial score (nSPS) is 25.4. The predicted octanol–water partition coefficient (Wildman–Crippen LogP) is 1.14. The molecule has 7 heteroatoms. The zero-order valence-electron chi connectivity index (χ0n) is 10.9. The van der Waals surface area contributed by atoms with Crippen molar-refractivity contribution in [1.82, 2.24) is 4.31 Å². The van der Waals surface area contributed by atoms with Gasteiger partial charge >= 0.3 is 0 Å². The monoisotopic (exact) mass is 287 g/mol. The highest BCUT2D eigenvalue weighted by molar-refractivity contribution is 7.89. The molecule has 0 radical (unpaired) electrons. The minimum absolute atomic E-state index is 0.00671. The number of furan rings is 1. The molecule has 0 amide bonds. The summed E-state index contributed by atoms with van der Waals surface area (Å²) in [5.74, 6) is 0.325. The molecule has 2 atom stereocenters. The van der Waals surface area contributed by atoms with Crippen LogP contribution in [0.25, 0.3) is 0 Å². The first-order valence-corrected chi connectivity index (χ1v) is 7.51. The molecule has 1 aromatic rings. The zero-order chi connectivity index (χ0) is 14.0. The van der Waals surface area contributed by atoms with Crippen LogP contribution >= 0.6 is 0 Å². The molecular weight excluding hydrogens is 270 g/mol. The van der Waals surface area contributed by atoms with Crippen molar-refractivity contribution in [2.75, 3.05) is 20.2 Å². The van der Waals surface area contributed by atoms with Crippen LogP contribution in [0.2, 0.25) is 0 Å². The van der Waals surface area contributed by atoms with E-state index in [1.807, 2.05) is 6.92 Å². The summed E-state index contributed by atoms with van der Waals surface area (Å²) in [7, 11) is -2.11. The Kier molecular flexibility index (Phi) is 4.07. The minimum atomic E-state index is -3.69. The van der Waals surface area contributed by atoms with Gasteiger partial charge in [-0.3, -0.25) is 4.79 Å². The van der Waals surface area contributed by atoms with E-state index in [-0.39, 0.29) is 17.0 Å². The molecule has 0 aliphatic carbocycles. The second kappa shape index (κ2) is 5.44. The first-order valence-electron chi connectivity index (χ1n) is 6.07. The number of hydrogen-bond donors (Lipinski definition) is 0. The molecule has 6 nitrogen and oxygen atoms in total. The number of piperidine rings is 1. The summed E-state index contributed by atoms with van der Waals surface area (Å²) >= 11 is 0. The van der Waals surface area contributed by atoms with Crippen molar-refractivity contribution in [3.63, 3.8) is 0 Å². The lowest BCUT2D eigenvalue weighted by Gasteiger charge is -2.34. The van der Waals surface area contributed by atoms with Gasteiger partial charge in [-0.05, 0) is 24.5 Å². The Balaban J connectivity index is 2.22. The number of hydrogen-bond acceptors (Lipinski definition) is 5. The molecule has 0 aromatic carbocycles. The van der Waals surface area contributed by atoms with Crippen molar-refractivity contribution < 1.29 is 22.4 Å². The van der Waals surface area contributed by atoms with Crippen molar-refractivity contribution in [3.05, 3.63) is 17.9 Å². The van der Waals surface area contributed by atoms with Crippen LogP contribution in [0.1, 0.15) is 23.9 Å². The fraction of sp³-hybridized carbons (Fsp3) is 0.583. The highest BCUT2D eigenvalue weighted by Gasteiger charge is 2.35. The Labute approximate surface area is 112 Å². The van der Waals surface area contributed by atoms with Crippen LogP contribution in [0, 0.1) is 5.92 Å². The molecule has 19 heavy (non-hydrogen) atoms. The number of carbonyl (C=O) groups excluding carboxylic acids is 1. The van der Waals surface area contributed by atoms with Gasteiger partial charge in [0.1, 0.15) is 0 Å². The van der Waals surface area contributed by atoms with Gasteiger partial charge in [0.25, 0.3) is 10.0 Å². The molecule has 0 saturated carbocycles. The lowest BCUT2D eigenvalue weighted by Crippen LogP contribution is -2.46. The van der Waals surface area contributed by atoms with E-state index in [0.29, 0.717) is 25.3 Å². The third-order valence-corrected chi connectivity index (χ3v) is 5.21. The Morgan fingerprint density at radius 3 is 2.79 bits per heavy atom. The Bertz CT molecular complexity index is 550. The molecule has 2 heterocycles. The minimum Gasteiger partial charge on any atom is -0.440 e. The summed E-state index contributed by atoms with van der Waals surface area (Å²) in [5, 5.41) is -0.195. The molecule has 106 valence electrons. The van der Waals surface area contributed by atoms with E-state index in [4.69, 9.17) is 9.15 Å². The van der Waals surface area contributed by atoms with Crippen LogP contribution in [0.4, 0.5) is 0 Å². The van der Waals surface area contributed by atoms with E-state index >= 15 is 0 Å². The van der Waals surface area contributed by atoms with Gasteiger partial charge < -0.3 is 9.15 Å². The SMILES string of the molecule is COC1CN(S(=O)(=O)c2ccc(C=O)o2)CCC1C. The van der Waals surface area contributed by atoms with Gasteiger partial charge in [0, 0.05) is 20.2 Å². The maximum atomic E-state index is 12.3. The van der Waals surface area contributed by atoms with Crippen LogP contribution < -0.4 is 0 Å². The summed E-state index contributed by atoms with van der Waals surface area (Å²) in [6.45, 7) is 2.77. The standard InChI is InChI=1S/C12H17NO5S/c1-9-5-6-13(7-11(9)17-2)19(15,16)12-4-3-10(8-14)18-12/h3-4,8-9,11H,5-7H2,1-2H3. The third kappa shape index (κ3) is 2.72. The first kappa shape index (κ1) is 14.2. The second-order valence-corrected chi connectivity index (χ2v) is 6.55. The molecule has 1 fully saturated rings. The third-order valence-electron chi connectivity index (χ3n) is 3.47. The molecule has 0 spiro atoms. The predicted molar refractivity (Wildman–Crippen MR) is 67.4 cm³/mol. The van der Waals surface area contributed by atoms with Crippen LogP contribution in [-0.2, 0) is 14.8 Å². The average molecular weight is 287 g/mol. The topological polar surface area (TPSA) is 76.8 Å². The zero-order valence-corrected chi connectivity index (χ0v) is 11.7. The average Bonchev–Trinajstić information content (AvgIpc) is 2.88. The maximum absolute atomic E-state index is 12.3. The van der Waals surface area contributed by atoms with Crippen LogP contribution in [0.5, 0.6) is 0 Å². The molecule has 0 N–H and O–H groups in total. The Morgan fingerprint density at radius 2 is 2.21 bits per heavy atom. The molecule has 1 aliphatic rings. The molecule has 1 aromatic heterocycles.